The number of aliphatic hydroxyl groups is 1. The van der Waals surface area contributed by atoms with E-state index in [2.05, 4.69) is 121 Å². The number of rotatable bonds is 8. The van der Waals surface area contributed by atoms with Crippen LogP contribution in [-0.4, -0.2) is 23.8 Å². The summed E-state index contributed by atoms with van der Waals surface area (Å²) in [7, 11) is 0.407. The fraction of sp³-hybridized carbons (Fsp3) is 0.143. The van der Waals surface area contributed by atoms with Crippen molar-refractivity contribution in [1.29, 1.82) is 0 Å². The number of fused-ring (bicyclic) bond motifs is 3. The van der Waals surface area contributed by atoms with E-state index >= 15 is 0 Å². The van der Waals surface area contributed by atoms with Crippen molar-refractivity contribution in [1.82, 2.24) is 0 Å². The van der Waals surface area contributed by atoms with Gasteiger partial charge in [-0.05, 0) is 90.4 Å². The Kier molecular flexibility index (Phi) is 7.64. The molecular weight excluding hydrogens is 563 g/mol. The Morgan fingerprint density at radius 1 is 0.522 bits per heavy atom. The molecule has 1 N–H and O–H groups in total. The van der Waals surface area contributed by atoms with E-state index in [4.69, 9.17) is 9.07 Å². The normalized spacial score (nSPS) is 12.1. The molecular formula is C42H37BO3. The van der Waals surface area contributed by atoms with Crippen LogP contribution in [0.15, 0.2) is 144 Å². The summed E-state index contributed by atoms with van der Waals surface area (Å²) in [5.74, 6) is 0. The van der Waals surface area contributed by atoms with Crippen LogP contribution in [0, 0.1) is 0 Å². The maximum Gasteiger partial charge on any atom is 0.309 e. The molecule has 6 aromatic carbocycles. The largest absolute Gasteiger partial charge is 0.456 e. The van der Waals surface area contributed by atoms with Crippen LogP contribution < -0.4 is 5.46 Å². The van der Waals surface area contributed by atoms with Crippen LogP contribution in [0.5, 0.6) is 0 Å². The molecule has 0 bridgehead atoms. The average Bonchev–Trinajstić information content (AvgIpc) is 3.46. The van der Waals surface area contributed by atoms with Gasteiger partial charge in [-0.3, -0.25) is 0 Å². The molecule has 4 heteroatoms. The van der Waals surface area contributed by atoms with Gasteiger partial charge in [-0.1, -0.05) is 127 Å². The first-order valence-electron chi connectivity index (χ1n) is 15.8. The van der Waals surface area contributed by atoms with Crippen LogP contribution in [0.2, 0.25) is 0 Å². The van der Waals surface area contributed by atoms with Crippen molar-refractivity contribution in [2.75, 3.05) is 0 Å². The third kappa shape index (κ3) is 5.78. The van der Waals surface area contributed by atoms with Crippen LogP contribution >= 0.6 is 0 Å². The molecule has 226 valence electrons. The van der Waals surface area contributed by atoms with Gasteiger partial charge >= 0.3 is 7.48 Å². The van der Waals surface area contributed by atoms with E-state index in [0.717, 1.165) is 49.7 Å². The zero-order valence-electron chi connectivity index (χ0n) is 26.7. The lowest BCUT2D eigenvalue weighted by molar-refractivity contribution is -0.0893. The minimum absolute atomic E-state index is 0.407. The Morgan fingerprint density at radius 3 is 1.70 bits per heavy atom. The lowest BCUT2D eigenvalue weighted by atomic mass is 9.81. The lowest BCUT2D eigenvalue weighted by Crippen LogP contribution is -2.49. The fourth-order valence-corrected chi connectivity index (χ4v) is 5.86. The second-order valence-electron chi connectivity index (χ2n) is 13.1. The van der Waals surface area contributed by atoms with Gasteiger partial charge in [0.2, 0.25) is 0 Å². The van der Waals surface area contributed by atoms with Gasteiger partial charge in [-0.2, -0.15) is 0 Å². The molecule has 0 saturated carbocycles. The van der Waals surface area contributed by atoms with Crippen molar-refractivity contribution in [2.24, 2.45) is 0 Å². The average molecular weight is 601 g/mol. The van der Waals surface area contributed by atoms with E-state index < -0.39 is 11.2 Å². The summed E-state index contributed by atoms with van der Waals surface area (Å²) < 4.78 is 12.5. The zero-order chi connectivity index (χ0) is 31.9. The molecule has 3 nitrogen and oxygen atoms in total. The third-order valence-electron chi connectivity index (χ3n) is 9.35. The topological polar surface area (TPSA) is 42.6 Å². The molecule has 0 fully saturated rings. The van der Waals surface area contributed by atoms with E-state index in [0.29, 0.717) is 7.48 Å². The molecule has 7 aromatic rings. The number of hydrogen-bond donors (Lipinski definition) is 1. The maximum absolute atomic E-state index is 10.5. The third-order valence-corrected chi connectivity index (χ3v) is 9.35. The molecule has 0 spiro atoms. The summed E-state index contributed by atoms with van der Waals surface area (Å²) in [5.41, 5.74) is 10.5. The van der Waals surface area contributed by atoms with Crippen LogP contribution in [-0.2, 0) is 4.65 Å². The molecule has 0 aliphatic heterocycles. The van der Waals surface area contributed by atoms with Crippen molar-refractivity contribution in [3.05, 3.63) is 140 Å². The summed E-state index contributed by atoms with van der Waals surface area (Å²) in [6.45, 7) is 7.40. The van der Waals surface area contributed by atoms with Gasteiger partial charge < -0.3 is 14.2 Å². The Bertz CT molecular complexity index is 2140. The lowest BCUT2D eigenvalue weighted by Gasteiger charge is -2.37. The molecule has 0 unspecified atom stereocenters. The van der Waals surface area contributed by atoms with Crippen molar-refractivity contribution in [3.63, 3.8) is 0 Å². The van der Waals surface area contributed by atoms with Gasteiger partial charge in [0.1, 0.15) is 11.2 Å². The van der Waals surface area contributed by atoms with Gasteiger partial charge in [-0.15, -0.1) is 0 Å². The van der Waals surface area contributed by atoms with Crippen LogP contribution in [0.3, 0.4) is 0 Å². The Hall–Kier alpha value is -4.90. The summed E-state index contributed by atoms with van der Waals surface area (Å²) in [4.78, 5) is 0. The van der Waals surface area contributed by atoms with Gasteiger partial charge in [0.05, 0.1) is 11.2 Å². The molecule has 0 atom stereocenters. The summed E-state index contributed by atoms with van der Waals surface area (Å²) in [5, 5.41) is 12.7. The Morgan fingerprint density at radius 2 is 1.07 bits per heavy atom. The first kappa shape index (κ1) is 29.8. The van der Waals surface area contributed by atoms with Crippen molar-refractivity contribution in [2.45, 2.75) is 38.9 Å². The second kappa shape index (κ2) is 11.8. The molecule has 0 amide bonds. The van der Waals surface area contributed by atoms with E-state index in [1.807, 2.05) is 32.0 Å². The zero-order valence-corrected chi connectivity index (χ0v) is 26.7. The molecule has 1 heterocycles. The molecule has 46 heavy (non-hydrogen) atoms. The monoisotopic (exact) mass is 600 g/mol. The van der Waals surface area contributed by atoms with E-state index in [-0.39, 0.29) is 0 Å². The predicted octanol–water partition coefficient (Wildman–Crippen LogP) is 9.80. The fourth-order valence-electron chi connectivity index (χ4n) is 5.86. The summed E-state index contributed by atoms with van der Waals surface area (Å²) in [6, 6.07) is 49.1. The van der Waals surface area contributed by atoms with E-state index in [1.165, 1.54) is 22.3 Å². The van der Waals surface area contributed by atoms with Crippen LogP contribution in [0.25, 0.3) is 66.4 Å². The van der Waals surface area contributed by atoms with Gasteiger partial charge in [0, 0.05) is 10.8 Å². The highest BCUT2D eigenvalue weighted by Crippen LogP contribution is 2.38. The molecule has 0 aliphatic rings. The quantitative estimate of drug-likeness (QED) is 0.177. The van der Waals surface area contributed by atoms with E-state index in [9.17, 15) is 5.11 Å². The SMILES string of the molecule is CC(C)(O)C(C)(C)OBc1cccc(-c2cccc3oc4ccc(-c5ccc(-c6ccc(-c7ccccc7)cc6)cc5)cc4c23)c1. The number of furan rings is 1. The Balaban J connectivity index is 1.19. The highest BCUT2D eigenvalue weighted by atomic mass is 16.5. The maximum atomic E-state index is 10.5. The summed E-state index contributed by atoms with van der Waals surface area (Å²) in [6.07, 6.45) is 0. The van der Waals surface area contributed by atoms with Crippen molar-refractivity contribution >= 4 is 34.9 Å². The molecule has 1 aromatic heterocycles. The van der Waals surface area contributed by atoms with Gasteiger partial charge in [-0.25, -0.2) is 0 Å². The molecule has 0 radical (unpaired) electrons. The molecule has 7 rings (SSSR count). The van der Waals surface area contributed by atoms with E-state index in [1.54, 1.807) is 13.8 Å². The summed E-state index contributed by atoms with van der Waals surface area (Å²) >= 11 is 0. The number of hydrogen-bond acceptors (Lipinski definition) is 3. The van der Waals surface area contributed by atoms with Crippen molar-refractivity contribution in [3.8, 4) is 44.5 Å². The molecule has 0 saturated heterocycles. The highest BCUT2D eigenvalue weighted by molar-refractivity contribution is 6.47. The predicted molar refractivity (Wildman–Crippen MR) is 194 cm³/mol. The van der Waals surface area contributed by atoms with Gasteiger partial charge in [0.25, 0.3) is 0 Å². The standard InChI is InChI=1S/C42H37BO3/c1-41(2,44)42(3,4)46-43-35-13-8-12-34(26-35)36-14-9-15-39-40(36)37-27-33(24-25-38(37)45-39)32-22-20-31(21-23-32)30-18-16-29(17-19-30)28-10-6-5-7-11-28/h5-27,43-44H,1-4H3. The minimum atomic E-state index is -0.960. The van der Waals surface area contributed by atoms with Crippen LogP contribution in [0.1, 0.15) is 27.7 Å². The number of benzene rings is 6. The Labute approximate surface area is 271 Å². The van der Waals surface area contributed by atoms with Crippen molar-refractivity contribution < 1.29 is 14.2 Å². The first-order chi connectivity index (χ1) is 22.2. The second-order valence-corrected chi connectivity index (χ2v) is 13.1. The minimum Gasteiger partial charge on any atom is -0.456 e. The van der Waals surface area contributed by atoms with Gasteiger partial charge in [0.15, 0.2) is 0 Å². The first-order valence-corrected chi connectivity index (χ1v) is 15.8. The molecule has 0 aliphatic carbocycles. The highest BCUT2D eigenvalue weighted by Gasteiger charge is 2.35. The smallest absolute Gasteiger partial charge is 0.309 e. The van der Waals surface area contributed by atoms with Crippen LogP contribution in [0.4, 0.5) is 0 Å².